The summed E-state index contributed by atoms with van der Waals surface area (Å²) < 4.78 is 21.0. The van der Waals surface area contributed by atoms with Gasteiger partial charge in [0.15, 0.2) is 0 Å². The van der Waals surface area contributed by atoms with Gasteiger partial charge in [-0.25, -0.2) is 5.06 Å². The van der Waals surface area contributed by atoms with Crippen LogP contribution in [0.5, 0.6) is 0 Å². The SMILES string of the molecule is COP(=O)(CC(=O)N1CCCCO1)OC. The van der Waals surface area contributed by atoms with Crippen LogP contribution >= 0.6 is 7.60 Å². The number of nitrogens with zero attached hydrogens (tertiary/aromatic N) is 1. The highest BCUT2D eigenvalue weighted by molar-refractivity contribution is 7.54. The second kappa shape index (κ2) is 5.61. The van der Waals surface area contributed by atoms with Crippen molar-refractivity contribution in [2.24, 2.45) is 0 Å². The molecule has 0 aromatic carbocycles. The second-order valence-electron chi connectivity index (χ2n) is 3.17. The van der Waals surface area contributed by atoms with Gasteiger partial charge in [-0.1, -0.05) is 0 Å². The summed E-state index contributed by atoms with van der Waals surface area (Å²) in [6, 6.07) is 0. The van der Waals surface area contributed by atoms with Crippen LogP contribution in [-0.4, -0.2) is 44.5 Å². The largest absolute Gasteiger partial charge is 0.339 e. The fraction of sp³-hybridized carbons (Fsp3) is 0.875. The quantitative estimate of drug-likeness (QED) is 0.683. The molecular formula is C8H16NO5P. The first-order valence-electron chi connectivity index (χ1n) is 4.75. The Morgan fingerprint density at radius 2 is 2.07 bits per heavy atom. The maximum absolute atomic E-state index is 11.7. The van der Waals surface area contributed by atoms with Crippen molar-refractivity contribution in [1.29, 1.82) is 0 Å². The molecule has 1 aliphatic heterocycles. The van der Waals surface area contributed by atoms with E-state index in [1.165, 1.54) is 19.3 Å². The average molecular weight is 237 g/mol. The number of hydrogen-bond acceptors (Lipinski definition) is 5. The Kier molecular flexibility index (Phi) is 4.73. The molecule has 6 nitrogen and oxygen atoms in total. The summed E-state index contributed by atoms with van der Waals surface area (Å²) in [5.41, 5.74) is 0. The molecule has 1 saturated heterocycles. The number of amides is 1. The van der Waals surface area contributed by atoms with Crippen LogP contribution < -0.4 is 0 Å². The lowest BCUT2D eigenvalue weighted by Gasteiger charge is -2.26. The number of carbonyl (C=O) groups excluding carboxylic acids is 1. The van der Waals surface area contributed by atoms with Gasteiger partial charge in [0.05, 0.1) is 6.61 Å². The molecule has 0 N–H and O–H groups in total. The third kappa shape index (κ3) is 3.57. The van der Waals surface area contributed by atoms with E-state index in [4.69, 9.17) is 4.84 Å². The summed E-state index contributed by atoms with van der Waals surface area (Å²) in [7, 11) is -0.758. The maximum Gasteiger partial charge on any atom is 0.339 e. The lowest BCUT2D eigenvalue weighted by molar-refractivity contribution is -0.194. The van der Waals surface area contributed by atoms with E-state index in [1.807, 2.05) is 0 Å². The summed E-state index contributed by atoms with van der Waals surface area (Å²) in [6.45, 7) is 1.06. The topological polar surface area (TPSA) is 65.1 Å². The molecule has 1 heterocycles. The van der Waals surface area contributed by atoms with Crippen LogP contribution in [0.15, 0.2) is 0 Å². The summed E-state index contributed by atoms with van der Waals surface area (Å²) >= 11 is 0. The molecule has 88 valence electrons. The molecule has 1 fully saturated rings. The monoisotopic (exact) mass is 237 g/mol. The van der Waals surface area contributed by atoms with Gasteiger partial charge in [-0.2, -0.15) is 0 Å². The van der Waals surface area contributed by atoms with Crippen LogP contribution in [0, 0.1) is 0 Å². The van der Waals surface area contributed by atoms with E-state index in [0.717, 1.165) is 12.8 Å². The standard InChI is InChI=1S/C8H16NO5P/c1-12-15(11,13-2)7-8(10)9-5-3-4-6-14-9/h3-7H2,1-2H3. The van der Waals surface area contributed by atoms with Crippen molar-refractivity contribution < 1.29 is 23.2 Å². The molecule has 1 aliphatic rings. The summed E-state index contributed by atoms with van der Waals surface area (Å²) in [5, 5.41) is 1.23. The van der Waals surface area contributed by atoms with Crippen molar-refractivity contribution in [2.75, 3.05) is 33.5 Å². The van der Waals surface area contributed by atoms with E-state index < -0.39 is 7.60 Å². The Balaban J connectivity index is 2.49. The normalized spacial score (nSPS) is 17.9. The Labute approximate surface area is 89.0 Å². The highest BCUT2D eigenvalue weighted by Crippen LogP contribution is 2.46. The van der Waals surface area contributed by atoms with Gasteiger partial charge in [-0.3, -0.25) is 14.2 Å². The molecule has 0 spiro atoms. The van der Waals surface area contributed by atoms with Crippen molar-refractivity contribution in [3.63, 3.8) is 0 Å². The van der Waals surface area contributed by atoms with Crippen LogP contribution in [0.3, 0.4) is 0 Å². The van der Waals surface area contributed by atoms with E-state index in [-0.39, 0.29) is 12.1 Å². The Bertz CT molecular complexity index is 256. The van der Waals surface area contributed by atoms with Gasteiger partial charge in [-0.05, 0) is 12.8 Å². The third-order valence-corrected chi connectivity index (χ3v) is 3.94. The molecule has 15 heavy (non-hydrogen) atoms. The van der Waals surface area contributed by atoms with E-state index >= 15 is 0 Å². The predicted octanol–water partition coefficient (Wildman–Crippen LogP) is 1.03. The van der Waals surface area contributed by atoms with Crippen LogP contribution in [0.2, 0.25) is 0 Å². The first kappa shape index (κ1) is 12.6. The summed E-state index contributed by atoms with van der Waals surface area (Å²) in [5.74, 6) is -0.360. The number of hydrogen-bond donors (Lipinski definition) is 0. The Morgan fingerprint density at radius 1 is 1.40 bits per heavy atom. The molecule has 0 saturated carbocycles. The van der Waals surface area contributed by atoms with Gasteiger partial charge in [-0.15, -0.1) is 0 Å². The highest BCUT2D eigenvalue weighted by Gasteiger charge is 2.29. The fourth-order valence-corrected chi connectivity index (χ4v) is 2.14. The second-order valence-corrected chi connectivity index (χ2v) is 5.44. The van der Waals surface area contributed by atoms with Crippen LogP contribution in [0.4, 0.5) is 0 Å². The first-order chi connectivity index (χ1) is 7.11. The minimum atomic E-state index is -3.28. The minimum Gasteiger partial charge on any atom is -0.312 e. The minimum absolute atomic E-state index is 0.278. The third-order valence-electron chi connectivity index (χ3n) is 2.17. The maximum atomic E-state index is 11.7. The van der Waals surface area contributed by atoms with Gasteiger partial charge in [0, 0.05) is 20.8 Å². The van der Waals surface area contributed by atoms with Gasteiger partial charge in [0.25, 0.3) is 5.91 Å². The molecule has 1 rings (SSSR count). The number of rotatable bonds is 4. The van der Waals surface area contributed by atoms with Gasteiger partial charge in [0.1, 0.15) is 6.16 Å². The van der Waals surface area contributed by atoms with Crippen LogP contribution in [0.25, 0.3) is 0 Å². The van der Waals surface area contributed by atoms with Gasteiger partial charge in [0.2, 0.25) is 0 Å². The molecule has 7 heteroatoms. The smallest absolute Gasteiger partial charge is 0.312 e. The Hall–Kier alpha value is -0.420. The molecule has 1 amide bonds. The van der Waals surface area contributed by atoms with Crippen molar-refractivity contribution in [1.82, 2.24) is 5.06 Å². The van der Waals surface area contributed by atoms with Crippen molar-refractivity contribution in [3.8, 4) is 0 Å². The summed E-state index contributed by atoms with van der Waals surface area (Å²) in [6.07, 6.45) is 1.56. The van der Waals surface area contributed by atoms with Crippen molar-refractivity contribution in [2.45, 2.75) is 12.8 Å². The number of carbonyl (C=O) groups is 1. The molecule has 0 aromatic heterocycles. The van der Waals surface area contributed by atoms with Gasteiger partial charge >= 0.3 is 7.60 Å². The van der Waals surface area contributed by atoms with Crippen molar-refractivity contribution >= 4 is 13.5 Å². The highest BCUT2D eigenvalue weighted by atomic mass is 31.2. The lowest BCUT2D eigenvalue weighted by Crippen LogP contribution is -2.37. The van der Waals surface area contributed by atoms with Gasteiger partial charge < -0.3 is 9.05 Å². The van der Waals surface area contributed by atoms with E-state index in [9.17, 15) is 9.36 Å². The van der Waals surface area contributed by atoms with Crippen LogP contribution in [0.1, 0.15) is 12.8 Å². The first-order valence-corrected chi connectivity index (χ1v) is 6.48. The Morgan fingerprint density at radius 3 is 2.53 bits per heavy atom. The predicted molar refractivity (Wildman–Crippen MR) is 53.4 cm³/mol. The lowest BCUT2D eigenvalue weighted by atomic mass is 10.3. The molecular weight excluding hydrogens is 221 g/mol. The molecule has 0 atom stereocenters. The molecule has 0 unspecified atom stereocenters. The zero-order valence-corrected chi connectivity index (χ0v) is 9.87. The van der Waals surface area contributed by atoms with Crippen molar-refractivity contribution in [3.05, 3.63) is 0 Å². The average Bonchev–Trinajstić information content (AvgIpc) is 2.30. The molecule has 0 aromatic rings. The zero-order valence-electron chi connectivity index (χ0n) is 8.97. The van der Waals surface area contributed by atoms with E-state index in [1.54, 1.807) is 0 Å². The van der Waals surface area contributed by atoms with E-state index in [2.05, 4.69) is 9.05 Å². The number of hydroxylamine groups is 2. The summed E-state index contributed by atoms with van der Waals surface area (Å²) in [4.78, 5) is 16.7. The van der Waals surface area contributed by atoms with Crippen LogP contribution in [-0.2, 0) is 23.2 Å². The molecule has 0 bridgehead atoms. The molecule has 0 aliphatic carbocycles. The van der Waals surface area contributed by atoms with E-state index in [0.29, 0.717) is 13.2 Å². The molecule has 0 radical (unpaired) electrons. The fourth-order valence-electron chi connectivity index (χ4n) is 1.24. The zero-order chi connectivity index (χ0) is 11.3.